The minimum absolute atomic E-state index is 0.193. The number of hydrogen-bond acceptors (Lipinski definition) is 3. The fraction of sp³-hybridized carbons (Fsp3) is 0.375. The molecule has 1 N–H and O–H groups in total. The highest BCUT2D eigenvalue weighted by Gasteiger charge is 2.20. The van der Waals surface area contributed by atoms with Gasteiger partial charge in [0.2, 0.25) is 0 Å². The molecule has 0 bridgehead atoms. The molecule has 22 heavy (non-hydrogen) atoms. The van der Waals surface area contributed by atoms with Gasteiger partial charge in [-0.3, -0.25) is 13.7 Å². The Kier molecular flexibility index (Phi) is 5.49. The lowest BCUT2D eigenvalue weighted by Gasteiger charge is -2.18. The third kappa shape index (κ3) is 4.04. The van der Waals surface area contributed by atoms with E-state index < -0.39 is 10.8 Å². The SMILES string of the molecule is CCn1nc(C)cc1C(=O)N[C@H](C[S@](C)=O)c1ccccc1. The van der Waals surface area contributed by atoms with Crippen molar-refractivity contribution in [2.24, 2.45) is 0 Å². The topological polar surface area (TPSA) is 64.0 Å². The first-order valence-electron chi connectivity index (χ1n) is 7.21. The molecule has 1 amide bonds. The Hall–Kier alpha value is -1.95. The zero-order valence-corrected chi connectivity index (χ0v) is 13.9. The van der Waals surface area contributed by atoms with Crippen LogP contribution in [0, 0.1) is 6.92 Å². The first kappa shape index (κ1) is 16.4. The predicted octanol–water partition coefficient (Wildman–Crippen LogP) is 2.06. The highest BCUT2D eigenvalue weighted by atomic mass is 32.2. The van der Waals surface area contributed by atoms with Crippen LogP contribution in [0.5, 0.6) is 0 Å². The van der Waals surface area contributed by atoms with Crippen LogP contribution in [0.2, 0.25) is 0 Å². The fourth-order valence-corrected chi connectivity index (χ4v) is 3.09. The molecule has 0 unspecified atom stereocenters. The minimum atomic E-state index is -1.01. The van der Waals surface area contributed by atoms with Gasteiger partial charge in [-0.1, -0.05) is 30.3 Å². The molecule has 0 aliphatic carbocycles. The van der Waals surface area contributed by atoms with E-state index in [-0.39, 0.29) is 11.9 Å². The number of hydrogen-bond donors (Lipinski definition) is 1. The van der Waals surface area contributed by atoms with Crippen LogP contribution in [-0.4, -0.2) is 31.9 Å². The van der Waals surface area contributed by atoms with Crippen molar-refractivity contribution in [3.05, 3.63) is 53.3 Å². The number of aryl methyl sites for hydroxylation is 2. The summed E-state index contributed by atoms with van der Waals surface area (Å²) in [7, 11) is -1.01. The van der Waals surface area contributed by atoms with Crippen LogP contribution in [0.15, 0.2) is 36.4 Å². The number of aromatic nitrogens is 2. The number of carbonyl (C=O) groups is 1. The van der Waals surface area contributed by atoms with Crippen LogP contribution in [0.3, 0.4) is 0 Å². The summed E-state index contributed by atoms with van der Waals surface area (Å²) in [6.45, 7) is 4.43. The largest absolute Gasteiger partial charge is 0.343 e. The lowest BCUT2D eigenvalue weighted by molar-refractivity contribution is 0.0929. The number of rotatable bonds is 6. The standard InChI is InChI=1S/C16H21N3O2S/c1-4-19-15(10-12(2)18-19)16(20)17-14(11-22(3)21)13-8-6-5-7-9-13/h5-10,14H,4,11H2,1-3H3,(H,17,20)/t14-,22+/m1/s1. The third-order valence-electron chi connectivity index (χ3n) is 3.34. The summed E-state index contributed by atoms with van der Waals surface area (Å²) >= 11 is 0. The van der Waals surface area contributed by atoms with Gasteiger partial charge in [0.1, 0.15) is 5.69 Å². The average Bonchev–Trinajstić information content (AvgIpc) is 2.88. The van der Waals surface area contributed by atoms with Gasteiger partial charge in [-0.15, -0.1) is 0 Å². The van der Waals surface area contributed by atoms with Gasteiger partial charge in [0.05, 0.1) is 11.7 Å². The molecule has 118 valence electrons. The van der Waals surface area contributed by atoms with E-state index in [2.05, 4.69) is 10.4 Å². The summed E-state index contributed by atoms with van der Waals surface area (Å²) in [5.41, 5.74) is 2.29. The van der Waals surface area contributed by atoms with E-state index in [1.807, 2.05) is 44.2 Å². The Morgan fingerprint density at radius 3 is 2.64 bits per heavy atom. The van der Waals surface area contributed by atoms with Crippen molar-refractivity contribution in [1.82, 2.24) is 15.1 Å². The minimum Gasteiger partial charge on any atom is -0.343 e. The van der Waals surface area contributed by atoms with Gasteiger partial charge >= 0.3 is 0 Å². The van der Waals surface area contributed by atoms with Gasteiger partial charge in [0.15, 0.2) is 0 Å². The molecule has 1 aromatic carbocycles. The average molecular weight is 319 g/mol. The molecule has 0 aliphatic rings. The number of nitrogens with one attached hydrogen (secondary N) is 1. The molecule has 0 radical (unpaired) electrons. The van der Waals surface area contributed by atoms with Crippen molar-refractivity contribution in [2.45, 2.75) is 26.4 Å². The normalized spacial score (nSPS) is 13.6. The molecule has 2 aromatic rings. The number of carbonyl (C=O) groups excluding carboxylic acids is 1. The monoisotopic (exact) mass is 319 g/mol. The summed E-state index contributed by atoms with van der Waals surface area (Å²) < 4.78 is 13.3. The summed E-state index contributed by atoms with van der Waals surface area (Å²) in [5.74, 6) is 0.191. The second-order valence-electron chi connectivity index (χ2n) is 5.16. The van der Waals surface area contributed by atoms with Crippen molar-refractivity contribution >= 4 is 16.7 Å². The zero-order chi connectivity index (χ0) is 16.1. The van der Waals surface area contributed by atoms with Gasteiger partial charge in [-0.25, -0.2) is 0 Å². The number of benzene rings is 1. The van der Waals surface area contributed by atoms with E-state index in [4.69, 9.17) is 0 Å². The van der Waals surface area contributed by atoms with Crippen molar-refractivity contribution in [2.75, 3.05) is 12.0 Å². The Balaban J connectivity index is 2.23. The van der Waals surface area contributed by atoms with Crippen LogP contribution in [0.1, 0.15) is 34.7 Å². The van der Waals surface area contributed by atoms with Crippen LogP contribution >= 0.6 is 0 Å². The van der Waals surface area contributed by atoms with Crippen LogP contribution in [0.4, 0.5) is 0 Å². The Morgan fingerprint density at radius 2 is 2.05 bits per heavy atom. The van der Waals surface area contributed by atoms with Gasteiger partial charge in [-0.2, -0.15) is 5.10 Å². The van der Waals surface area contributed by atoms with Crippen molar-refractivity contribution in [3.8, 4) is 0 Å². The molecular formula is C16H21N3O2S. The summed E-state index contributed by atoms with van der Waals surface area (Å²) in [5, 5.41) is 7.26. The molecule has 2 atom stereocenters. The van der Waals surface area contributed by atoms with Crippen LogP contribution in [0.25, 0.3) is 0 Å². The third-order valence-corrected chi connectivity index (χ3v) is 4.15. The van der Waals surface area contributed by atoms with Crippen molar-refractivity contribution in [1.29, 1.82) is 0 Å². The van der Waals surface area contributed by atoms with E-state index in [1.54, 1.807) is 17.0 Å². The molecule has 6 heteroatoms. The van der Waals surface area contributed by atoms with E-state index in [1.165, 1.54) is 0 Å². The highest BCUT2D eigenvalue weighted by molar-refractivity contribution is 7.84. The molecule has 1 aromatic heterocycles. The smallest absolute Gasteiger partial charge is 0.270 e. The molecule has 0 spiro atoms. The van der Waals surface area contributed by atoms with Gasteiger partial charge in [0, 0.05) is 29.4 Å². The molecule has 5 nitrogen and oxygen atoms in total. The maximum Gasteiger partial charge on any atom is 0.270 e. The first-order valence-corrected chi connectivity index (χ1v) is 8.94. The summed E-state index contributed by atoms with van der Waals surface area (Å²) in [6, 6.07) is 11.1. The van der Waals surface area contributed by atoms with E-state index in [9.17, 15) is 9.00 Å². The van der Waals surface area contributed by atoms with E-state index >= 15 is 0 Å². The van der Waals surface area contributed by atoms with E-state index in [0.29, 0.717) is 18.0 Å². The Bertz CT molecular complexity index is 667. The maximum atomic E-state index is 12.5. The lowest BCUT2D eigenvalue weighted by Crippen LogP contribution is -2.33. The highest BCUT2D eigenvalue weighted by Crippen LogP contribution is 2.15. The van der Waals surface area contributed by atoms with Crippen LogP contribution in [-0.2, 0) is 17.3 Å². The number of nitrogens with zero attached hydrogens (tertiary/aromatic N) is 2. The van der Waals surface area contributed by atoms with Crippen molar-refractivity contribution < 1.29 is 9.00 Å². The first-order chi connectivity index (χ1) is 10.5. The van der Waals surface area contributed by atoms with Gasteiger partial charge < -0.3 is 5.32 Å². The molecule has 2 rings (SSSR count). The molecule has 0 saturated heterocycles. The van der Waals surface area contributed by atoms with Gasteiger partial charge in [-0.05, 0) is 25.5 Å². The summed E-state index contributed by atoms with van der Waals surface area (Å²) in [4.78, 5) is 12.5. The molecule has 0 fully saturated rings. The van der Waals surface area contributed by atoms with Gasteiger partial charge in [0.25, 0.3) is 5.91 Å². The summed E-state index contributed by atoms with van der Waals surface area (Å²) in [6.07, 6.45) is 1.64. The quantitative estimate of drug-likeness (QED) is 0.886. The second-order valence-corrected chi connectivity index (χ2v) is 6.64. The fourth-order valence-electron chi connectivity index (χ4n) is 2.34. The Labute approximate surface area is 133 Å². The predicted molar refractivity (Wildman–Crippen MR) is 88.2 cm³/mol. The van der Waals surface area contributed by atoms with Crippen molar-refractivity contribution in [3.63, 3.8) is 0 Å². The molecule has 0 saturated carbocycles. The Morgan fingerprint density at radius 1 is 1.36 bits per heavy atom. The molecule has 1 heterocycles. The number of amides is 1. The zero-order valence-electron chi connectivity index (χ0n) is 13.1. The molecular weight excluding hydrogens is 298 g/mol. The maximum absolute atomic E-state index is 12.5. The van der Waals surface area contributed by atoms with E-state index in [0.717, 1.165) is 11.3 Å². The second kappa shape index (κ2) is 7.35. The van der Waals surface area contributed by atoms with Crippen LogP contribution < -0.4 is 5.32 Å². The molecule has 0 aliphatic heterocycles. The lowest BCUT2D eigenvalue weighted by atomic mass is 10.1.